The van der Waals surface area contributed by atoms with Crippen LogP contribution in [0.4, 0.5) is 0 Å². The van der Waals surface area contributed by atoms with Crippen molar-refractivity contribution < 1.29 is 14.3 Å². The Bertz CT molecular complexity index is 728. The number of rotatable bonds is 2. The average molecular weight is 368 g/mol. The number of aryl methyl sites for hydroxylation is 1. The zero-order valence-electron chi connectivity index (χ0n) is 11.3. The van der Waals surface area contributed by atoms with E-state index in [2.05, 4.69) is 15.9 Å². The topological polar surface area (TPSA) is 35.5 Å². The van der Waals surface area contributed by atoms with Gasteiger partial charge < -0.3 is 9.47 Å². The molecule has 0 aromatic heterocycles. The SMILES string of the molecule is Cc1cccc(C(=O)c2cc3c(cc2Br)OCCO3)c1Cl. The van der Waals surface area contributed by atoms with E-state index >= 15 is 0 Å². The molecule has 0 unspecified atom stereocenters. The maximum atomic E-state index is 12.7. The summed E-state index contributed by atoms with van der Waals surface area (Å²) < 4.78 is 11.7. The lowest BCUT2D eigenvalue weighted by atomic mass is 10.0. The summed E-state index contributed by atoms with van der Waals surface area (Å²) in [6, 6.07) is 8.87. The van der Waals surface area contributed by atoms with Gasteiger partial charge in [0.2, 0.25) is 0 Å². The summed E-state index contributed by atoms with van der Waals surface area (Å²) in [7, 11) is 0. The van der Waals surface area contributed by atoms with Crippen molar-refractivity contribution in [3.63, 3.8) is 0 Å². The van der Waals surface area contributed by atoms with Gasteiger partial charge in [0, 0.05) is 15.6 Å². The molecule has 0 N–H and O–H groups in total. The molecule has 0 saturated heterocycles. The highest BCUT2D eigenvalue weighted by Crippen LogP contribution is 2.37. The molecule has 2 aromatic rings. The number of carbonyl (C=O) groups excluding carboxylic acids is 1. The summed E-state index contributed by atoms with van der Waals surface area (Å²) in [4.78, 5) is 12.7. The molecule has 0 amide bonds. The van der Waals surface area contributed by atoms with Gasteiger partial charge in [0.15, 0.2) is 17.3 Å². The Hall–Kier alpha value is -1.52. The van der Waals surface area contributed by atoms with Crippen LogP contribution >= 0.6 is 27.5 Å². The molecule has 21 heavy (non-hydrogen) atoms. The van der Waals surface area contributed by atoms with Crippen molar-refractivity contribution in [1.82, 2.24) is 0 Å². The summed E-state index contributed by atoms with van der Waals surface area (Å²) in [5.41, 5.74) is 1.86. The second-order valence-corrected chi connectivity index (χ2v) is 5.97. The fourth-order valence-electron chi connectivity index (χ4n) is 2.21. The summed E-state index contributed by atoms with van der Waals surface area (Å²) in [5.74, 6) is 1.07. The molecule has 0 bridgehead atoms. The van der Waals surface area contributed by atoms with E-state index in [9.17, 15) is 4.79 Å². The molecular formula is C16H12BrClO3. The van der Waals surface area contributed by atoms with Crippen molar-refractivity contribution in [3.8, 4) is 11.5 Å². The third-order valence-corrected chi connectivity index (χ3v) is 4.47. The average Bonchev–Trinajstić information content (AvgIpc) is 2.48. The Morgan fingerprint density at radius 2 is 1.81 bits per heavy atom. The van der Waals surface area contributed by atoms with Gasteiger partial charge in [0.1, 0.15) is 13.2 Å². The Balaban J connectivity index is 2.07. The van der Waals surface area contributed by atoms with Crippen LogP contribution < -0.4 is 9.47 Å². The number of carbonyl (C=O) groups is 1. The highest BCUT2D eigenvalue weighted by atomic mass is 79.9. The fourth-order valence-corrected chi connectivity index (χ4v) is 2.92. The Morgan fingerprint density at radius 3 is 2.52 bits per heavy atom. The standard InChI is InChI=1S/C16H12BrClO3/c1-9-3-2-4-10(15(9)18)16(19)11-7-13-14(8-12(11)17)21-6-5-20-13/h2-4,7-8H,5-6H2,1H3. The van der Waals surface area contributed by atoms with Gasteiger partial charge in [-0.05, 0) is 46.6 Å². The van der Waals surface area contributed by atoms with Crippen molar-refractivity contribution in [2.24, 2.45) is 0 Å². The van der Waals surface area contributed by atoms with Crippen LogP contribution in [0.2, 0.25) is 5.02 Å². The van der Waals surface area contributed by atoms with Crippen LogP contribution in [0.1, 0.15) is 21.5 Å². The van der Waals surface area contributed by atoms with E-state index in [0.717, 1.165) is 5.56 Å². The normalized spacial score (nSPS) is 13.1. The van der Waals surface area contributed by atoms with Crippen LogP contribution in [0.25, 0.3) is 0 Å². The molecule has 0 saturated carbocycles. The molecule has 1 heterocycles. The number of hydrogen-bond donors (Lipinski definition) is 0. The minimum Gasteiger partial charge on any atom is -0.486 e. The maximum Gasteiger partial charge on any atom is 0.195 e. The van der Waals surface area contributed by atoms with Gasteiger partial charge in [-0.3, -0.25) is 4.79 Å². The number of fused-ring (bicyclic) bond motifs is 1. The third-order valence-electron chi connectivity index (χ3n) is 3.31. The lowest BCUT2D eigenvalue weighted by Gasteiger charge is -2.19. The minimum absolute atomic E-state index is 0.146. The van der Waals surface area contributed by atoms with Crippen molar-refractivity contribution in [3.05, 3.63) is 56.5 Å². The molecule has 0 radical (unpaired) electrons. The van der Waals surface area contributed by atoms with Crippen molar-refractivity contribution >= 4 is 33.3 Å². The van der Waals surface area contributed by atoms with Crippen molar-refractivity contribution in [2.45, 2.75) is 6.92 Å². The van der Waals surface area contributed by atoms with Crippen LogP contribution in [0, 0.1) is 6.92 Å². The molecule has 108 valence electrons. The van der Waals surface area contributed by atoms with Gasteiger partial charge in [-0.15, -0.1) is 0 Å². The third kappa shape index (κ3) is 2.65. The zero-order chi connectivity index (χ0) is 15.0. The molecule has 0 atom stereocenters. The monoisotopic (exact) mass is 366 g/mol. The van der Waals surface area contributed by atoms with Crippen molar-refractivity contribution in [1.29, 1.82) is 0 Å². The molecule has 2 aromatic carbocycles. The molecule has 1 aliphatic rings. The highest BCUT2D eigenvalue weighted by molar-refractivity contribution is 9.10. The second kappa shape index (κ2) is 5.70. The fraction of sp³-hybridized carbons (Fsp3) is 0.188. The number of hydrogen-bond acceptors (Lipinski definition) is 3. The quantitative estimate of drug-likeness (QED) is 0.737. The zero-order valence-corrected chi connectivity index (χ0v) is 13.6. The first kappa shape index (κ1) is 14.4. The van der Waals surface area contributed by atoms with Crippen LogP contribution in [0.3, 0.4) is 0 Å². The van der Waals surface area contributed by atoms with Crippen LogP contribution in [0.5, 0.6) is 11.5 Å². The predicted octanol–water partition coefficient (Wildman–Crippen LogP) is 4.41. The van der Waals surface area contributed by atoms with E-state index in [1.54, 1.807) is 18.2 Å². The first-order valence-electron chi connectivity index (χ1n) is 6.47. The number of ketones is 1. The van der Waals surface area contributed by atoms with Crippen LogP contribution in [0.15, 0.2) is 34.8 Å². The Labute approximate surface area is 136 Å². The number of halogens is 2. The summed E-state index contributed by atoms with van der Waals surface area (Å²) in [5, 5.41) is 0.476. The van der Waals surface area contributed by atoms with Crippen molar-refractivity contribution in [2.75, 3.05) is 13.2 Å². The second-order valence-electron chi connectivity index (χ2n) is 4.74. The van der Waals surface area contributed by atoms with E-state index in [1.807, 2.05) is 19.1 Å². The van der Waals surface area contributed by atoms with E-state index in [-0.39, 0.29) is 5.78 Å². The van der Waals surface area contributed by atoms with E-state index in [1.165, 1.54) is 0 Å². The molecule has 0 aliphatic carbocycles. The van der Waals surface area contributed by atoms with Gasteiger partial charge in [0.25, 0.3) is 0 Å². The number of ether oxygens (including phenoxy) is 2. The minimum atomic E-state index is -0.146. The summed E-state index contributed by atoms with van der Waals surface area (Å²) in [6.45, 7) is 2.86. The summed E-state index contributed by atoms with van der Waals surface area (Å²) >= 11 is 9.66. The molecule has 3 nitrogen and oxygen atoms in total. The first-order chi connectivity index (χ1) is 10.1. The largest absolute Gasteiger partial charge is 0.486 e. The Morgan fingerprint density at radius 1 is 1.14 bits per heavy atom. The van der Waals surface area contributed by atoms with E-state index < -0.39 is 0 Å². The molecule has 0 spiro atoms. The Kier molecular flexibility index (Phi) is 3.91. The first-order valence-corrected chi connectivity index (χ1v) is 7.64. The summed E-state index contributed by atoms with van der Waals surface area (Å²) in [6.07, 6.45) is 0. The van der Waals surface area contributed by atoms with E-state index in [4.69, 9.17) is 21.1 Å². The van der Waals surface area contributed by atoms with E-state index in [0.29, 0.717) is 45.3 Å². The van der Waals surface area contributed by atoms with Gasteiger partial charge in [-0.25, -0.2) is 0 Å². The lowest BCUT2D eigenvalue weighted by Crippen LogP contribution is -2.16. The van der Waals surface area contributed by atoms with Crippen LogP contribution in [-0.4, -0.2) is 19.0 Å². The van der Waals surface area contributed by atoms with Crippen LogP contribution in [-0.2, 0) is 0 Å². The molecule has 5 heteroatoms. The van der Waals surface area contributed by atoms with Gasteiger partial charge in [-0.1, -0.05) is 23.7 Å². The predicted molar refractivity (Wildman–Crippen MR) is 84.8 cm³/mol. The molecule has 0 fully saturated rings. The number of benzene rings is 2. The molecule has 1 aliphatic heterocycles. The highest BCUT2D eigenvalue weighted by Gasteiger charge is 2.21. The smallest absolute Gasteiger partial charge is 0.195 e. The lowest BCUT2D eigenvalue weighted by molar-refractivity contribution is 0.103. The van der Waals surface area contributed by atoms with Gasteiger partial charge in [-0.2, -0.15) is 0 Å². The van der Waals surface area contributed by atoms with Gasteiger partial charge >= 0.3 is 0 Å². The molecular weight excluding hydrogens is 356 g/mol. The maximum absolute atomic E-state index is 12.7. The van der Waals surface area contributed by atoms with Gasteiger partial charge in [0.05, 0.1) is 5.02 Å². The molecule has 3 rings (SSSR count).